The Bertz CT molecular complexity index is 335. The van der Waals surface area contributed by atoms with Crippen molar-refractivity contribution in [1.29, 1.82) is 0 Å². The molecule has 0 heterocycles. The molecule has 0 atom stereocenters. The zero-order valence-electron chi connectivity index (χ0n) is 10.2. The molecule has 1 saturated carbocycles. The monoisotopic (exact) mass is 235 g/mol. The van der Waals surface area contributed by atoms with Gasteiger partial charge >= 0.3 is 0 Å². The van der Waals surface area contributed by atoms with E-state index in [1.165, 1.54) is 25.7 Å². The minimum atomic E-state index is 0.358. The Morgan fingerprint density at radius 2 is 2.00 bits per heavy atom. The Hall–Kier alpha value is -1.06. The van der Waals surface area contributed by atoms with Gasteiger partial charge in [-0.15, -0.1) is 0 Å². The third kappa shape index (κ3) is 4.02. The van der Waals surface area contributed by atoms with Gasteiger partial charge in [0.2, 0.25) is 0 Å². The third-order valence-electron chi connectivity index (χ3n) is 3.24. The van der Waals surface area contributed by atoms with E-state index < -0.39 is 0 Å². The van der Waals surface area contributed by atoms with Gasteiger partial charge in [0.25, 0.3) is 0 Å². The molecule has 0 aromatic heterocycles. The zero-order valence-corrected chi connectivity index (χ0v) is 10.2. The van der Waals surface area contributed by atoms with Crippen LogP contribution in [0, 0.1) is 0 Å². The van der Waals surface area contributed by atoms with Gasteiger partial charge in [-0.1, -0.05) is 31.0 Å². The molecule has 3 nitrogen and oxygen atoms in total. The van der Waals surface area contributed by atoms with Gasteiger partial charge in [-0.25, -0.2) is 0 Å². The van der Waals surface area contributed by atoms with Crippen molar-refractivity contribution in [2.75, 3.05) is 13.2 Å². The largest absolute Gasteiger partial charge is 0.508 e. The highest BCUT2D eigenvalue weighted by Crippen LogP contribution is 2.20. The van der Waals surface area contributed by atoms with Crippen molar-refractivity contribution >= 4 is 0 Å². The minimum Gasteiger partial charge on any atom is -0.508 e. The van der Waals surface area contributed by atoms with Gasteiger partial charge in [0.05, 0.1) is 12.7 Å². The molecule has 94 valence electrons. The van der Waals surface area contributed by atoms with Crippen molar-refractivity contribution in [3.8, 4) is 5.75 Å². The fraction of sp³-hybridized carbons (Fsp3) is 0.571. The molecule has 1 aromatic rings. The van der Waals surface area contributed by atoms with Crippen LogP contribution in [0.5, 0.6) is 5.75 Å². The summed E-state index contributed by atoms with van der Waals surface area (Å²) in [6.07, 6.45) is 5.56. The predicted octanol–water partition coefficient (Wildman–Crippen LogP) is 2.44. The number of benzene rings is 1. The highest BCUT2D eigenvalue weighted by molar-refractivity contribution is 5.31. The fourth-order valence-corrected chi connectivity index (χ4v) is 2.24. The van der Waals surface area contributed by atoms with Crippen LogP contribution in [0.4, 0.5) is 0 Å². The molecule has 0 radical (unpaired) electrons. The number of phenols is 1. The van der Waals surface area contributed by atoms with Crippen LogP contribution in [0.1, 0.15) is 31.2 Å². The Morgan fingerprint density at radius 3 is 2.76 bits per heavy atom. The summed E-state index contributed by atoms with van der Waals surface area (Å²) in [6, 6.07) is 7.42. The molecule has 2 rings (SSSR count). The topological polar surface area (TPSA) is 41.5 Å². The van der Waals surface area contributed by atoms with Gasteiger partial charge in [-0.3, -0.25) is 0 Å². The first kappa shape index (κ1) is 12.4. The van der Waals surface area contributed by atoms with E-state index in [1.54, 1.807) is 6.07 Å². The van der Waals surface area contributed by atoms with Gasteiger partial charge in [-0.05, 0) is 18.9 Å². The van der Waals surface area contributed by atoms with Crippen LogP contribution in [0.2, 0.25) is 0 Å². The van der Waals surface area contributed by atoms with Gasteiger partial charge in [0.15, 0.2) is 0 Å². The maximum absolute atomic E-state index is 9.57. The van der Waals surface area contributed by atoms with E-state index in [1.807, 2.05) is 18.2 Å². The molecular weight excluding hydrogens is 214 g/mol. The second-order valence-electron chi connectivity index (χ2n) is 4.58. The molecule has 1 aliphatic rings. The van der Waals surface area contributed by atoms with Gasteiger partial charge < -0.3 is 15.2 Å². The summed E-state index contributed by atoms with van der Waals surface area (Å²) < 4.78 is 5.75. The lowest BCUT2D eigenvalue weighted by molar-refractivity contribution is 0.0602. The van der Waals surface area contributed by atoms with Crippen molar-refractivity contribution in [3.05, 3.63) is 29.8 Å². The summed E-state index contributed by atoms with van der Waals surface area (Å²) in [7, 11) is 0. The van der Waals surface area contributed by atoms with Crippen molar-refractivity contribution in [1.82, 2.24) is 5.32 Å². The Balaban J connectivity index is 1.58. The van der Waals surface area contributed by atoms with Crippen LogP contribution in [0.25, 0.3) is 0 Å². The van der Waals surface area contributed by atoms with Crippen LogP contribution >= 0.6 is 0 Å². The average Bonchev–Trinajstić information content (AvgIpc) is 2.84. The van der Waals surface area contributed by atoms with Crippen LogP contribution in [0.15, 0.2) is 24.3 Å². The number of phenolic OH excluding ortho intramolecular Hbond substituents is 1. The molecular formula is C14H21NO2. The lowest BCUT2D eigenvalue weighted by Gasteiger charge is -2.11. The number of hydrogen-bond donors (Lipinski definition) is 2. The number of nitrogens with one attached hydrogen (secondary N) is 1. The van der Waals surface area contributed by atoms with Crippen LogP contribution < -0.4 is 5.32 Å². The van der Waals surface area contributed by atoms with Crippen LogP contribution in [-0.2, 0) is 11.3 Å². The molecule has 0 unspecified atom stereocenters. The van der Waals surface area contributed by atoms with E-state index >= 15 is 0 Å². The summed E-state index contributed by atoms with van der Waals surface area (Å²) in [5, 5.41) is 12.8. The number of rotatable bonds is 6. The van der Waals surface area contributed by atoms with Crippen molar-refractivity contribution in [3.63, 3.8) is 0 Å². The number of hydrogen-bond acceptors (Lipinski definition) is 3. The number of para-hydroxylation sites is 1. The van der Waals surface area contributed by atoms with Crippen LogP contribution in [-0.4, -0.2) is 24.4 Å². The lowest BCUT2D eigenvalue weighted by Crippen LogP contribution is -2.21. The van der Waals surface area contributed by atoms with Crippen LogP contribution in [0.3, 0.4) is 0 Å². The van der Waals surface area contributed by atoms with E-state index in [0.29, 0.717) is 18.4 Å². The maximum atomic E-state index is 9.57. The standard InChI is InChI=1S/C14H21NO2/c16-14-8-4-1-5-12(14)11-15-9-10-17-13-6-2-3-7-13/h1,4-5,8,13,15-16H,2-3,6-7,9-11H2. The summed E-state index contributed by atoms with van der Waals surface area (Å²) in [6.45, 7) is 2.30. The number of aromatic hydroxyl groups is 1. The Morgan fingerprint density at radius 1 is 1.24 bits per heavy atom. The molecule has 0 aliphatic heterocycles. The summed E-state index contributed by atoms with van der Waals surface area (Å²) in [4.78, 5) is 0. The second kappa shape index (κ2) is 6.62. The van der Waals surface area contributed by atoms with E-state index in [2.05, 4.69) is 5.32 Å². The van der Waals surface area contributed by atoms with Gasteiger partial charge in [-0.2, -0.15) is 0 Å². The molecule has 0 bridgehead atoms. The number of ether oxygens (including phenoxy) is 1. The summed E-state index contributed by atoms with van der Waals surface area (Å²) >= 11 is 0. The molecule has 2 N–H and O–H groups in total. The normalized spacial score (nSPS) is 16.5. The van der Waals surface area contributed by atoms with Crippen molar-refractivity contribution in [2.45, 2.75) is 38.3 Å². The SMILES string of the molecule is Oc1ccccc1CNCCOC1CCCC1. The second-order valence-corrected chi connectivity index (χ2v) is 4.58. The average molecular weight is 235 g/mol. The lowest BCUT2D eigenvalue weighted by atomic mass is 10.2. The smallest absolute Gasteiger partial charge is 0.120 e. The first-order valence-electron chi connectivity index (χ1n) is 6.45. The van der Waals surface area contributed by atoms with Crippen molar-refractivity contribution < 1.29 is 9.84 Å². The maximum Gasteiger partial charge on any atom is 0.120 e. The molecule has 1 aliphatic carbocycles. The van der Waals surface area contributed by atoms with E-state index in [9.17, 15) is 5.11 Å². The Labute approximate surface area is 103 Å². The van der Waals surface area contributed by atoms with Gasteiger partial charge in [0, 0.05) is 18.7 Å². The molecule has 1 aromatic carbocycles. The summed E-state index contributed by atoms with van der Waals surface area (Å²) in [5.41, 5.74) is 0.938. The summed E-state index contributed by atoms with van der Waals surface area (Å²) in [5.74, 6) is 0.358. The minimum absolute atomic E-state index is 0.358. The molecule has 17 heavy (non-hydrogen) atoms. The predicted molar refractivity (Wildman–Crippen MR) is 68.0 cm³/mol. The third-order valence-corrected chi connectivity index (χ3v) is 3.24. The van der Waals surface area contributed by atoms with E-state index in [0.717, 1.165) is 18.7 Å². The van der Waals surface area contributed by atoms with Crippen molar-refractivity contribution in [2.24, 2.45) is 0 Å². The molecule has 0 amide bonds. The zero-order chi connectivity index (χ0) is 11.9. The molecule has 1 fully saturated rings. The van der Waals surface area contributed by atoms with E-state index in [-0.39, 0.29) is 0 Å². The Kier molecular flexibility index (Phi) is 4.83. The molecule has 0 saturated heterocycles. The van der Waals surface area contributed by atoms with Gasteiger partial charge in [0.1, 0.15) is 5.75 Å². The fourth-order valence-electron chi connectivity index (χ4n) is 2.24. The highest BCUT2D eigenvalue weighted by Gasteiger charge is 2.14. The first-order chi connectivity index (χ1) is 8.36. The quantitative estimate of drug-likeness (QED) is 0.744. The molecule has 3 heteroatoms. The molecule has 0 spiro atoms. The first-order valence-corrected chi connectivity index (χ1v) is 6.45. The van der Waals surface area contributed by atoms with E-state index in [4.69, 9.17) is 4.74 Å². The highest BCUT2D eigenvalue weighted by atomic mass is 16.5.